The lowest BCUT2D eigenvalue weighted by molar-refractivity contribution is -0.145. The predicted octanol–water partition coefficient (Wildman–Crippen LogP) is 2.99. The van der Waals surface area contributed by atoms with Crippen LogP contribution in [0.4, 0.5) is 0 Å². The summed E-state index contributed by atoms with van der Waals surface area (Å²) in [7, 11) is 0. The SMILES string of the molecule is O=C(O)C1CCN(C(=O)CCCN2C(=O)C(=Cc3ccccc3)SC2=S)CC1. The lowest BCUT2D eigenvalue weighted by Crippen LogP contribution is -2.40. The number of piperidine rings is 1. The third-order valence-electron chi connectivity index (χ3n) is 4.94. The number of likely N-dealkylation sites (tertiary alicyclic amines) is 1. The van der Waals surface area contributed by atoms with Crippen LogP contribution in [0.25, 0.3) is 6.08 Å². The summed E-state index contributed by atoms with van der Waals surface area (Å²) in [6.45, 7) is 1.38. The summed E-state index contributed by atoms with van der Waals surface area (Å²) in [4.78, 5) is 39.8. The van der Waals surface area contributed by atoms with Crippen molar-refractivity contribution in [2.75, 3.05) is 19.6 Å². The van der Waals surface area contributed by atoms with E-state index in [9.17, 15) is 14.4 Å². The second kappa shape index (κ2) is 9.34. The number of thioether (sulfide) groups is 1. The van der Waals surface area contributed by atoms with E-state index in [0.29, 0.717) is 54.5 Å². The van der Waals surface area contributed by atoms with Crippen LogP contribution >= 0.6 is 24.0 Å². The van der Waals surface area contributed by atoms with Gasteiger partial charge >= 0.3 is 5.97 Å². The topological polar surface area (TPSA) is 77.9 Å². The Morgan fingerprint density at radius 3 is 2.54 bits per heavy atom. The Morgan fingerprint density at radius 1 is 1.21 bits per heavy atom. The van der Waals surface area contributed by atoms with Crippen LogP contribution in [0.5, 0.6) is 0 Å². The Bertz CT molecular complexity index is 802. The normalized spacial score (nSPS) is 19.5. The van der Waals surface area contributed by atoms with E-state index in [1.165, 1.54) is 11.8 Å². The maximum atomic E-state index is 12.6. The van der Waals surface area contributed by atoms with E-state index < -0.39 is 5.97 Å². The predicted molar refractivity (Wildman–Crippen MR) is 112 cm³/mol. The molecule has 3 rings (SSSR count). The van der Waals surface area contributed by atoms with Gasteiger partial charge in [0.25, 0.3) is 5.91 Å². The molecule has 0 unspecified atom stereocenters. The highest BCUT2D eigenvalue weighted by atomic mass is 32.2. The highest BCUT2D eigenvalue weighted by Crippen LogP contribution is 2.32. The molecule has 28 heavy (non-hydrogen) atoms. The number of carboxylic acids is 1. The number of aliphatic carboxylic acids is 1. The molecule has 2 amide bonds. The second-order valence-corrected chi connectivity index (χ2v) is 8.52. The molecule has 2 fully saturated rings. The molecule has 0 bridgehead atoms. The van der Waals surface area contributed by atoms with Gasteiger partial charge in [-0.2, -0.15) is 0 Å². The smallest absolute Gasteiger partial charge is 0.306 e. The van der Waals surface area contributed by atoms with E-state index in [4.69, 9.17) is 17.3 Å². The molecule has 1 aromatic rings. The fraction of sp³-hybridized carbons (Fsp3) is 0.400. The number of hydrogen-bond acceptors (Lipinski definition) is 5. The van der Waals surface area contributed by atoms with Gasteiger partial charge in [-0.3, -0.25) is 19.3 Å². The third-order valence-corrected chi connectivity index (χ3v) is 6.32. The molecule has 2 aliphatic heterocycles. The maximum Gasteiger partial charge on any atom is 0.306 e. The van der Waals surface area contributed by atoms with Gasteiger partial charge in [0.15, 0.2) is 0 Å². The van der Waals surface area contributed by atoms with Crippen LogP contribution in [0.15, 0.2) is 35.2 Å². The molecule has 0 aromatic heterocycles. The molecule has 8 heteroatoms. The minimum atomic E-state index is -0.787. The van der Waals surface area contributed by atoms with Crippen molar-refractivity contribution in [1.29, 1.82) is 0 Å². The number of carbonyl (C=O) groups is 3. The van der Waals surface area contributed by atoms with Gasteiger partial charge in [-0.05, 0) is 30.9 Å². The van der Waals surface area contributed by atoms with Crippen molar-refractivity contribution in [1.82, 2.24) is 9.80 Å². The number of carboxylic acid groups (broad SMARTS) is 1. The largest absolute Gasteiger partial charge is 0.481 e. The number of benzene rings is 1. The van der Waals surface area contributed by atoms with Crippen molar-refractivity contribution in [2.24, 2.45) is 5.92 Å². The Labute approximate surface area is 173 Å². The summed E-state index contributed by atoms with van der Waals surface area (Å²) in [5.74, 6) is -1.25. The third kappa shape index (κ3) is 4.99. The maximum absolute atomic E-state index is 12.6. The molecule has 1 aromatic carbocycles. The van der Waals surface area contributed by atoms with Gasteiger partial charge in [-0.15, -0.1) is 0 Å². The number of amides is 2. The molecule has 2 saturated heterocycles. The van der Waals surface area contributed by atoms with Crippen molar-refractivity contribution in [2.45, 2.75) is 25.7 Å². The summed E-state index contributed by atoms with van der Waals surface area (Å²) < 4.78 is 0.516. The van der Waals surface area contributed by atoms with Crippen LogP contribution in [0.1, 0.15) is 31.2 Å². The zero-order valence-corrected chi connectivity index (χ0v) is 17.0. The first-order chi connectivity index (χ1) is 13.5. The van der Waals surface area contributed by atoms with Crippen LogP contribution in [-0.4, -0.2) is 56.6 Å². The van der Waals surface area contributed by atoms with E-state index in [1.807, 2.05) is 36.4 Å². The van der Waals surface area contributed by atoms with Gasteiger partial charge in [-0.1, -0.05) is 54.3 Å². The summed E-state index contributed by atoms with van der Waals surface area (Å²) >= 11 is 6.61. The molecule has 2 aliphatic rings. The Kier molecular flexibility index (Phi) is 6.85. The Morgan fingerprint density at radius 2 is 1.89 bits per heavy atom. The Hall–Kier alpha value is -2.19. The van der Waals surface area contributed by atoms with Gasteiger partial charge in [-0.25, -0.2) is 0 Å². The van der Waals surface area contributed by atoms with Crippen molar-refractivity contribution >= 4 is 52.2 Å². The summed E-state index contributed by atoms with van der Waals surface area (Å²) in [6.07, 6.45) is 3.69. The van der Waals surface area contributed by atoms with Crippen LogP contribution in [0.2, 0.25) is 0 Å². The molecule has 0 aliphatic carbocycles. The lowest BCUT2D eigenvalue weighted by atomic mass is 9.97. The van der Waals surface area contributed by atoms with E-state index in [1.54, 1.807) is 9.80 Å². The zero-order valence-electron chi connectivity index (χ0n) is 15.4. The highest BCUT2D eigenvalue weighted by molar-refractivity contribution is 8.26. The fourth-order valence-corrected chi connectivity index (χ4v) is 4.62. The second-order valence-electron chi connectivity index (χ2n) is 6.84. The molecule has 0 saturated carbocycles. The summed E-state index contributed by atoms with van der Waals surface area (Å²) in [5.41, 5.74) is 0.947. The first kappa shape index (κ1) is 20.5. The van der Waals surface area contributed by atoms with Gasteiger partial charge in [0, 0.05) is 26.1 Å². The number of nitrogens with zero attached hydrogens (tertiary/aromatic N) is 2. The molecule has 148 valence electrons. The van der Waals surface area contributed by atoms with Crippen molar-refractivity contribution in [3.05, 3.63) is 40.8 Å². The minimum Gasteiger partial charge on any atom is -0.481 e. The van der Waals surface area contributed by atoms with Crippen LogP contribution in [0.3, 0.4) is 0 Å². The molecule has 1 N–H and O–H groups in total. The number of hydrogen-bond donors (Lipinski definition) is 1. The minimum absolute atomic E-state index is 0.00843. The lowest BCUT2D eigenvalue weighted by Gasteiger charge is -2.30. The van der Waals surface area contributed by atoms with Gasteiger partial charge in [0.2, 0.25) is 5.91 Å². The first-order valence-corrected chi connectivity index (χ1v) is 10.5. The number of rotatable bonds is 6. The molecular weight excluding hydrogens is 396 g/mol. The highest BCUT2D eigenvalue weighted by Gasteiger charge is 2.32. The van der Waals surface area contributed by atoms with E-state index in [0.717, 1.165) is 5.56 Å². The van der Waals surface area contributed by atoms with Crippen molar-refractivity contribution in [3.8, 4) is 0 Å². The molecule has 2 heterocycles. The Balaban J connectivity index is 1.48. The summed E-state index contributed by atoms with van der Waals surface area (Å²) in [5, 5.41) is 9.03. The average molecular weight is 419 g/mol. The molecule has 0 radical (unpaired) electrons. The average Bonchev–Trinajstić information content (AvgIpc) is 2.96. The fourth-order valence-electron chi connectivity index (χ4n) is 3.32. The van der Waals surface area contributed by atoms with Crippen LogP contribution in [-0.2, 0) is 14.4 Å². The zero-order chi connectivity index (χ0) is 20.1. The molecule has 6 nitrogen and oxygen atoms in total. The monoisotopic (exact) mass is 418 g/mol. The van der Waals surface area contributed by atoms with Crippen LogP contribution in [0, 0.1) is 5.92 Å². The number of carbonyl (C=O) groups excluding carboxylic acids is 2. The van der Waals surface area contributed by atoms with Gasteiger partial charge in [0.05, 0.1) is 10.8 Å². The standard InChI is InChI=1S/C20H22N2O4S2/c23-17(21-11-8-15(9-12-21)19(25)26)7-4-10-22-18(24)16(28-20(22)27)13-14-5-2-1-3-6-14/h1-3,5-6,13,15H,4,7-12H2,(H,25,26). The van der Waals surface area contributed by atoms with E-state index in [2.05, 4.69) is 0 Å². The van der Waals surface area contributed by atoms with E-state index in [-0.39, 0.29) is 17.7 Å². The molecular formula is C20H22N2O4S2. The van der Waals surface area contributed by atoms with Gasteiger partial charge in [0.1, 0.15) is 4.32 Å². The first-order valence-electron chi connectivity index (χ1n) is 9.26. The number of thiocarbonyl (C=S) groups is 1. The van der Waals surface area contributed by atoms with Gasteiger partial charge < -0.3 is 10.0 Å². The van der Waals surface area contributed by atoms with Crippen molar-refractivity contribution < 1.29 is 19.5 Å². The quantitative estimate of drug-likeness (QED) is 0.565. The molecule has 0 spiro atoms. The van der Waals surface area contributed by atoms with Crippen molar-refractivity contribution in [3.63, 3.8) is 0 Å². The van der Waals surface area contributed by atoms with Crippen LogP contribution < -0.4 is 0 Å². The van der Waals surface area contributed by atoms with E-state index >= 15 is 0 Å². The molecule has 0 atom stereocenters. The summed E-state index contributed by atoms with van der Waals surface area (Å²) in [6, 6.07) is 9.61.